The molecule has 2 amide bonds. The molecule has 3 heterocycles. The molecule has 0 aliphatic carbocycles. The number of aromatic amines is 1. The fourth-order valence-electron chi connectivity index (χ4n) is 4.03. The molecule has 1 fully saturated rings. The van der Waals surface area contributed by atoms with Gasteiger partial charge in [-0.15, -0.1) is 0 Å². The number of ether oxygens (including phenoxy) is 2. The number of hydrogen-bond acceptors (Lipinski definition) is 6. The summed E-state index contributed by atoms with van der Waals surface area (Å²) in [6.07, 6.45) is 1.34. The maximum atomic E-state index is 12.9. The van der Waals surface area contributed by atoms with Crippen LogP contribution in [0, 0.1) is 5.92 Å². The predicted molar refractivity (Wildman–Crippen MR) is 111 cm³/mol. The van der Waals surface area contributed by atoms with Crippen LogP contribution in [-0.4, -0.2) is 63.5 Å². The zero-order valence-electron chi connectivity index (χ0n) is 17.3. The maximum Gasteiger partial charge on any atom is 0.410 e. The quantitative estimate of drug-likeness (QED) is 0.634. The second-order valence-electron chi connectivity index (χ2n) is 7.84. The molecule has 33 heavy (non-hydrogen) atoms. The molecule has 5 rings (SSSR count). The van der Waals surface area contributed by atoms with Gasteiger partial charge in [0.15, 0.2) is 0 Å². The molecule has 11 heteroatoms. The summed E-state index contributed by atoms with van der Waals surface area (Å²) in [6, 6.07) is 11.1. The molecule has 3 aromatic rings. The summed E-state index contributed by atoms with van der Waals surface area (Å²) in [6.45, 7) is -1.54. The number of nitrogens with one attached hydrogen (secondary N) is 1. The molecular formula is C22H19F2N5O4. The summed E-state index contributed by atoms with van der Waals surface area (Å²) in [7, 11) is 0. The average molecular weight is 455 g/mol. The highest BCUT2D eigenvalue weighted by molar-refractivity contribution is 5.98. The van der Waals surface area contributed by atoms with Crippen LogP contribution in [0.5, 0.6) is 5.75 Å². The van der Waals surface area contributed by atoms with Gasteiger partial charge in [0, 0.05) is 37.3 Å². The molecule has 2 aromatic carbocycles. The molecule has 9 nitrogen and oxygen atoms in total. The van der Waals surface area contributed by atoms with Gasteiger partial charge in [-0.05, 0) is 41.5 Å². The summed E-state index contributed by atoms with van der Waals surface area (Å²) in [5, 5.41) is 10.5. The van der Waals surface area contributed by atoms with E-state index in [2.05, 4.69) is 20.1 Å². The van der Waals surface area contributed by atoms with Crippen molar-refractivity contribution in [2.24, 2.45) is 5.92 Å². The van der Waals surface area contributed by atoms with Crippen molar-refractivity contribution in [2.45, 2.75) is 13.2 Å². The van der Waals surface area contributed by atoms with E-state index in [1.807, 2.05) is 0 Å². The third kappa shape index (κ3) is 4.34. The third-order valence-electron chi connectivity index (χ3n) is 5.67. The zero-order chi connectivity index (χ0) is 22.9. The number of rotatable bonds is 5. The summed E-state index contributed by atoms with van der Waals surface area (Å²) in [4.78, 5) is 28.6. The van der Waals surface area contributed by atoms with Crippen molar-refractivity contribution in [2.75, 3.05) is 19.6 Å². The van der Waals surface area contributed by atoms with Crippen molar-refractivity contribution in [1.29, 1.82) is 0 Å². The Labute approximate surface area is 186 Å². The first-order chi connectivity index (χ1) is 16.0. The lowest BCUT2D eigenvalue weighted by Crippen LogP contribution is -2.33. The Morgan fingerprint density at radius 2 is 1.88 bits per heavy atom. The van der Waals surface area contributed by atoms with E-state index in [0.29, 0.717) is 41.8 Å². The first-order valence-corrected chi connectivity index (χ1v) is 10.2. The normalized spacial score (nSPS) is 17.4. The number of halogens is 2. The van der Waals surface area contributed by atoms with Crippen LogP contribution in [0.4, 0.5) is 13.6 Å². The fraction of sp³-hybridized carbons (Fsp3) is 0.273. The molecule has 1 atom stereocenters. The molecular weight excluding hydrogens is 436 g/mol. The van der Waals surface area contributed by atoms with Gasteiger partial charge in [0.2, 0.25) is 0 Å². The van der Waals surface area contributed by atoms with Gasteiger partial charge in [-0.1, -0.05) is 12.1 Å². The molecule has 1 saturated heterocycles. The van der Waals surface area contributed by atoms with Crippen molar-refractivity contribution in [3.05, 3.63) is 65.4 Å². The van der Waals surface area contributed by atoms with E-state index < -0.39 is 12.7 Å². The number of amides is 2. The topological polar surface area (TPSA) is 101 Å². The Morgan fingerprint density at radius 3 is 2.64 bits per heavy atom. The molecule has 2 aliphatic rings. The Kier molecular flexibility index (Phi) is 5.37. The number of aromatic nitrogens is 3. The molecule has 0 bridgehead atoms. The van der Waals surface area contributed by atoms with E-state index in [4.69, 9.17) is 4.74 Å². The maximum absolute atomic E-state index is 12.9. The summed E-state index contributed by atoms with van der Waals surface area (Å²) in [5.74, 6) is -0.0299. The highest BCUT2D eigenvalue weighted by Gasteiger charge is 2.38. The van der Waals surface area contributed by atoms with Crippen LogP contribution in [-0.2, 0) is 11.3 Å². The van der Waals surface area contributed by atoms with Gasteiger partial charge >= 0.3 is 12.7 Å². The number of H-pyrrole nitrogens is 1. The molecule has 170 valence electrons. The minimum absolute atomic E-state index is 0.0170. The SMILES string of the molecule is O=C(c1ccc2n[nH]nc2c1)N1C=C2CN(C(=O)OCc3ccc(OC(F)F)cc3)C[C@@H]2C1. The number of benzene rings is 2. The lowest BCUT2D eigenvalue weighted by atomic mass is 10.1. The first-order valence-electron chi connectivity index (χ1n) is 10.2. The number of hydrogen-bond donors (Lipinski definition) is 1. The van der Waals surface area contributed by atoms with Crippen LogP contribution >= 0.6 is 0 Å². The van der Waals surface area contributed by atoms with Crippen molar-refractivity contribution in [3.8, 4) is 5.75 Å². The lowest BCUT2D eigenvalue weighted by molar-refractivity contribution is -0.0498. The van der Waals surface area contributed by atoms with Crippen molar-refractivity contribution in [1.82, 2.24) is 25.2 Å². The minimum atomic E-state index is -2.89. The molecule has 0 radical (unpaired) electrons. The van der Waals surface area contributed by atoms with Crippen LogP contribution in [0.2, 0.25) is 0 Å². The van der Waals surface area contributed by atoms with Gasteiger partial charge in [0.1, 0.15) is 23.4 Å². The Balaban J connectivity index is 1.16. The summed E-state index contributed by atoms with van der Waals surface area (Å²) in [5.41, 5.74) is 3.49. The van der Waals surface area contributed by atoms with Crippen LogP contribution < -0.4 is 4.74 Å². The highest BCUT2D eigenvalue weighted by atomic mass is 19.3. The van der Waals surface area contributed by atoms with Gasteiger partial charge in [-0.2, -0.15) is 24.2 Å². The smallest absolute Gasteiger partial charge is 0.410 e. The van der Waals surface area contributed by atoms with Crippen LogP contribution in [0.3, 0.4) is 0 Å². The highest BCUT2D eigenvalue weighted by Crippen LogP contribution is 2.31. The minimum Gasteiger partial charge on any atom is -0.445 e. The molecule has 0 unspecified atom stereocenters. The molecule has 2 aliphatic heterocycles. The van der Waals surface area contributed by atoms with Gasteiger partial charge in [-0.3, -0.25) is 4.79 Å². The Hall–Kier alpha value is -4.02. The molecule has 0 spiro atoms. The van der Waals surface area contributed by atoms with E-state index in [1.54, 1.807) is 46.3 Å². The van der Waals surface area contributed by atoms with Crippen molar-refractivity contribution in [3.63, 3.8) is 0 Å². The molecule has 0 saturated carbocycles. The van der Waals surface area contributed by atoms with E-state index in [-0.39, 0.29) is 24.2 Å². The van der Waals surface area contributed by atoms with Crippen LogP contribution in [0.15, 0.2) is 54.2 Å². The molecule has 1 N–H and O–H groups in total. The molecule has 1 aromatic heterocycles. The summed E-state index contributed by atoms with van der Waals surface area (Å²) < 4.78 is 34.1. The van der Waals surface area contributed by atoms with E-state index in [0.717, 1.165) is 5.57 Å². The van der Waals surface area contributed by atoms with Crippen LogP contribution in [0.25, 0.3) is 11.0 Å². The fourth-order valence-corrected chi connectivity index (χ4v) is 4.03. The number of likely N-dealkylation sites (tertiary alicyclic amines) is 1. The van der Waals surface area contributed by atoms with Gasteiger partial charge in [0.05, 0.1) is 0 Å². The third-order valence-corrected chi connectivity index (χ3v) is 5.67. The van der Waals surface area contributed by atoms with Gasteiger partial charge in [-0.25, -0.2) is 4.79 Å². The number of carbonyl (C=O) groups excluding carboxylic acids is 2. The predicted octanol–water partition coefficient (Wildman–Crippen LogP) is 3.17. The first kappa shape index (κ1) is 20.9. The number of fused-ring (bicyclic) bond motifs is 2. The lowest BCUT2D eigenvalue weighted by Gasteiger charge is -2.19. The van der Waals surface area contributed by atoms with Gasteiger partial charge in [0.25, 0.3) is 5.91 Å². The van der Waals surface area contributed by atoms with E-state index >= 15 is 0 Å². The number of alkyl halides is 2. The summed E-state index contributed by atoms with van der Waals surface area (Å²) >= 11 is 0. The second kappa shape index (κ2) is 8.49. The standard InChI is InChI=1S/C22H19F2N5O4/c23-21(24)33-17-4-1-13(2-5-17)12-32-22(31)29-10-15-8-28(9-16(15)11-29)20(30)14-3-6-18-19(7-14)26-27-25-18/h1-8,16,21H,9-12H2,(H,25,26,27)/t16-/m0/s1. The van der Waals surface area contributed by atoms with E-state index in [1.165, 1.54) is 12.1 Å². The monoisotopic (exact) mass is 455 g/mol. The van der Waals surface area contributed by atoms with Crippen molar-refractivity contribution >= 4 is 23.0 Å². The number of nitrogens with zero attached hydrogens (tertiary/aromatic N) is 4. The van der Waals surface area contributed by atoms with Crippen LogP contribution in [0.1, 0.15) is 15.9 Å². The van der Waals surface area contributed by atoms with Gasteiger partial charge < -0.3 is 19.3 Å². The Morgan fingerprint density at radius 1 is 1.09 bits per heavy atom. The van der Waals surface area contributed by atoms with Crippen molar-refractivity contribution < 1.29 is 27.8 Å². The zero-order valence-corrected chi connectivity index (χ0v) is 17.3. The Bertz CT molecular complexity index is 1230. The second-order valence-corrected chi connectivity index (χ2v) is 7.84. The van der Waals surface area contributed by atoms with E-state index in [9.17, 15) is 18.4 Å². The average Bonchev–Trinajstić information content (AvgIpc) is 3.51. The largest absolute Gasteiger partial charge is 0.445 e. The number of carbonyl (C=O) groups is 2.